The smallest absolute Gasteiger partial charge is 0.216 e. The van der Waals surface area contributed by atoms with Gasteiger partial charge in [0.15, 0.2) is 0 Å². The van der Waals surface area contributed by atoms with Crippen molar-refractivity contribution in [2.24, 2.45) is 0 Å². The van der Waals surface area contributed by atoms with Gasteiger partial charge in [0.1, 0.15) is 17.5 Å². The Hall–Kier alpha value is -2.38. The number of aromatic hydroxyl groups is 1. The van der Waals surface area contributed by atoms with E-state index in [4.69, 9.17) is 16.9 Å². The number of phenols is 1. The summed E-state index contributed by atoms with van der Waals surface area (Å²) in [5, 5.41) is 18.9. The first-order valence-corrected chi connectivity index (χ1v) is 5.39. The van der Waals surface area contributed by atoms with Crippen molar-refractivity contribution in [2.75, 3.05) is 0 Å². The summed E-state index contributed by atoms with van der Waals surface area (Å²) in [5.74, 6) is -0.730. The SMILES string of the molecule is N#Cc1cccnc1C(=O)c1cc(Cl)ccc1O. The minimum atomic E-state index is -0.535. The van der Waals surface area contributed by atoms with E-state index in [0.29, 0.717) is 5.02 Å². The Morgan fingerprint density at radius 2 is 2.17 bits per heavy atom. The standard InChI is InChI=1S/C13H7ClN2O2/c14-9-3-4-11(17)10(6-9)13(18)12-8(7-15)2-1-5-16-12/h1-6,17H. The number of hydrogen-bond acceptors (Lipinski definition) is 4. The molecule has 0 atom stereocenters. The van der Waals surface area contributed by atoms with Gasteiger partial charge in [0, 0.05) is 11.2 Å². The molecular formula is C13H7ClN2O2. The average molecular weight is 259 g/mol. The number of nitriles is 1. The van der Waals surface area contributed by atoms with Gasteiger partial charge in [-0.1, -0.05) is 11.6 Å². The highest BCUT2D eigenvalue weighted by Gasteiger charge is 2.18. The van der Waals surface area contributed by atoms with E-state index >= 15 is 0 Å². The molecule has 4 nitrogen and oxygen atoms in total. The van der Waals surface area contributed by atoms with Gasteiger partial charge in [-0.25, -0.2) is 0 Å². The highest BCUT2D eigenvalue weighted by Crippen LogP contribution is 2.24. The number of benzene rings is 1. The van der Waals surface area contributed by atoms with Crippen LogP contribution < -0.4 is 0 Å². The summed E-state index contributed by atoms with van der Waals surface area (Å²) in [6.07, 6.45) is 1.41. The molecule has 0 aliphatic heterocycles. The quantitative estimate of drug-likeness (QED) is 0.840. The van der Waals surface area contributed by atoms with Crippen molar-refractivity contribution < 1.29 is 9.90 Å². The van der Waals surface area contributed by atoms with E-state index in [9.17, 15) is 9.90 Å². The number of rotatable bonds is 2. The summed E-state index contributed by atoms with van der Waals surface area (Å²) in [6, 6.07) is 9.07. The maximum Gasteiger partial charge on any atom is 0.216 e. The molecule has 0 bridgehead atoms. The maximum atomic E-state index is 12.2. The van der Waals surface area contributed by atoms with Crippen molar-refractivity contribution in [3.8, 4) is 11.8 Å². The molecule has 0 radical (unpaired) electrons. The number of nitrogens with zero attached hydrogens (tertiary/aromatic N) is 2. The molecule has 0 spiro atoms. The fraction of sp³-hybridized carbons (Fsp3) is 0. The maximum absolute atomic E-state index is 12.2. The molecule has 1 N–H and O–H groups in total. The highest BCUT2D eigenvalue weighted by atomic mass is 35.5. The van der Waals surface area contributed by atoms with Crippen molar-refractivity contribution in [2.45, 2.75) is 0 Å². The Kier molecular flexibility index (Phi) is 3.26. The van der Waals surface area contributed by atoms with Gasteiger partial charge in [-0.3, -0.25) is 9.78 Å². The lowest BCUT2D eigenvalue weighted by Crippen LogP contribution is -2.07. The van der Waals surface area contributed by atoms with Gasteiger partial charge in [-0.15, -0.1) is 0 Å². The van der Waals surface area contributed by atoms with Crippen LogP contribution in [0.2, 0.25) is 5.02 Å². The Bertz CT molecular complexity index is 662. The van der Waals surface area contributed by atoms with Gasteiger partial charge in [-0.2, -0.15) is 5.26 Å². The van der Waals surface area contributed by atoms with Crippen LogP contribution >= 0.6 is 11.6 Å². The zero-order valence-electron chi connectivity index (χ0n) is 9.09. The number of ketones is 1. The summed E-state index contributed by atoms with van der Waals surface area (Å²) >= 11 is 5.77. The molecule has 1 aromatic heterocycles. The van der Waals surface area contributed by atoms with E-state index in [2.05, 4.69) is 4.98 Å². The second kappa shape index (κ2) is 4.86. The monoisotopic (exact) mass is 258 g/mol. The van der Waals surface area contributed by atoms with E-state index in [-0.39, 0.29) is 22.6 Å². The minimum Gasteiger partial charge on any atom is -0.507 e. The third-order valence-electron chi connectivity index (χ3n) is 2.35. The second-order valence-corrected chi connectivity index (χ2v) is 3.94. The molecule has 0 aliphatic rings. The molecular weight excluding hydrogens is 252 g/mol. The van der Waals surface area contributed by atoms with Gasteiger partial charge in [-0.05, 0) is 30.3 Å². The number of halogens is 1. The van der Waals surface area contributed by atoms with E-state index in [1.807, 2.05) is 6.07 Å². The molecule has 0 unspecified atom stereocenters. The van der Waals surface area contributed by atoms with Crippen LogP contribution in [0.15, 0.2) is 36.5 Å². The molecule has 0 saturated carbocycles. The number of phenolic OH excluding ortho intramolecular Hbond substituents is 1. The zero-order valence-corrected chi connectivity index (χ0v) is 9.85. The van der Waals surface area contributed by atoms with Crippen LogP contribution in [-0.4, -0.2) is 15.9 Å². The molecule has 5 heteroatoms. The first-order valence-electron chi connectivity index (χ1n) is 5.02. The van der Waals surface area contributed by atoms with Crippen molar-refractivity contribution in [3.05, 3.63) is 58.4 Å². The molecule has 18 heavy (non-hydrogen) atoms. The average Bonchev–Trinajstić information content (AvgIpc) is 2.40. The first kappa shape index (κ1) is 12.1. The number of pyridine rings is 1. The topological polar surface area (TPSA) is 74.0 Å². The molecule has 2 rings (SSSR count). The predicted octanol–water partition coefficient (Wildman–Crippen LogP) is 2.54. The lowest BCUT2D eigenvalue weighted by Gasteiger charge is -2.04. The fourth-order valence-electron chi connectivity index (χ4n) is 1.49. The van der Waals surface area contributed by atoms with Crippen LogP contribution in [-0.2, 0) is 0 Å². The summed E-state index contributed by atoms with van der Waals surface area (Å²) in [6.45, 7) is 0. The Balaban J connectivity index is 2.55. The lowest BCUT2D eigenvalue weighted by atomic mass is 10.0. The van der Waals surface area contributed by atoms with Crippen LogP contribution in [0.3, 0.4) is 0 Å². The van der Waals surface area contributed by atoms with Crippen molar-refractivity contribution in [3.63, 3.8) is 0 Å². The first-order chi connectivity index (χ1) is 8.63. The largest absolute Gasteiger partial charge is 0.507 e. The molecule has 0 saturated heterocycles. The molecule has 2 aromatic rings. The molecule has 88 valence electrons. The van der Waals surface area contributed by atoms with Crippen molar-refractivity contribution >= 4 is 17.4 Å². The van der Waals surface area contributed by atoms with E-state index in [1.165, 1.54) is 30.5 Å². The Labute approximate surface area is 108 Å². The van der Waals surface area contributed by atoms with Crippen molar-refractivity contribution in [1.29, 1.82) is 5.26 Å². The normalized spacial score (nSPS) is 9.78. The number of carbonyl (C=O) groups excluding carboxylic acids is 1. The third-order valence-corrected chi connectivity index (χ3v) is 2.58. The molecule has 1 heterocycles. The van der Waals surface area contributed by atoms with E-state index in [1.54, 1.807) is 6.07 Å². The van der Waals surface area contributed by atoms with Crippen LogP contribution in [0.5, 0.6) is 5.75 Å². The minimum absolute atomic E-state index is 0.00225. The van der Waals surface area contributed by atoms with Gasteiger partial charge in [0.05, 0.1) is 11.1 Å². The lowest BCUT2D eigenvalue weighted by molar-refractivity contribution is 0.103. The third kappa shape index (κ3) is 2.17. The van der Waals surface area contributed by atoms with E-state index in [0.717, 1.165) is 0 Å². The fourth-order valence-corrected chi connectivity index (χ4v) is 1.67. The highest BCUT2D eigenvalue weighted by molar-refractivity contribution is 6.31. The number of aromatic nitrogens is 1. The van der Waals surface area contributed by atoms with Gasteiger partial charge in [0.2, 0.25) is 5.78 Å². The number of carbonyl (C=O) groups is 1. The van der Waals surface area contributed by atoms with Gasteiger partial charge in [0.25, 0.3) is 0 Å². The summed E-state index contributed by atoms with van der Waals surface area (Å²) in [7, 11) is 0. The van der Waals surface area contributed by atoms with Crippen LogP contribution in [0.4, 0.5) is 0 Å². The second-order valence-electron chi connectivity index (χ2n) is 3.50. The van der Waals surface area contributed by atoms with Gasteiger partial charge >= 0.3 is 0 Å². The molecule has 1 aromatic carbocycles. The summed E-state index contributed by atoms with van der Waals surface area (Å²) in [4.78, 5) is 16.0. The Morgan fingerprint density at radius 3 is 2.89 bits per heavy atom. The van der Waals surface area contributed by atoms with E-state index < -0.39 is 5.78 Å². The summed E-state index contributed by atoms with van der Waals surface area (Å²) in [5.41, 5.74) is 0.178. The van der Waals surface area contributed by atoms with Crippen LogP contribution in [0, 0.1) is 11.3 Å². The number of hydrogen-bond donors (Lipinski definition) is 1. The summed E-state index contributed by atoms with van der Waals surface area (Å²) < 4.78 is 0. The Morgan fingerprint density at radius 1 is 1.39 bits per heavy atom. The molecule has 0 amide bonds. The van der Waals surface area contributed by atoms with Crippen LogP contribution in [0.1, 0.15) is 21.6 Å². The predicted molar refractivity (Wildman–Crippen MR) is 65.5 cm³/mol. The van der Waals surface area contributed by atoms with Crippen LogP contribution in [0.25, 0.3) is 0 Å². The molecule has 0 aliphatic carbocycles. The van der Waals surface area contributed by atoms with Gasteiger partial charge < -0.3 is 5.11 Å². The van der Waals surface area contributed by atoms with Crippen molar-refractivity contribution in [1.82, 2.24) is 4.98 Å². The zero-order chi connectivity index (χ0) is 13.1. The molecule has 0 fully saturated rings.